The van der Waals surface area contributed by atoms with Crippen LogP contribution in [0.2, 0.25) is 5.02 Å². The maximum absolute atomic E-state index is 13.0. The number of thiophene rings is 1. The number of amides is 1. The van der Waals surface area contributed by atoms with E-state index in [1.807, 2.05) is 19.1 Å². The van der Waals surface area contributed by atoms with Gasteiger partial charge in [-0.05, 0) is 57.0 Å². The fraction of sp³-hybridized carbons (Fsp3) is 0.400. The van der Waals surface area contributed by atoms with Gasteiger partial charge in [0.05, 0.1) is 10.4 Å². The Labute approximate surface area is 166 Å². The number of benzene rings is 1. The molecule has 6 rings (SSSR count). The number of hydrogen-bond acceptors (Lipinski definition) is 5. The van der Waals surface area contributed by atoms with Crippen LogP contribution in [0.3, 0.4) is 0 Å². The maximum atomic E-state index is 13.0. The molecule has 0 unspecified atom stereocenters. The van der Waals surface area contributed by atoms with Crippen LogP contribution in [0.4, 0.5) is 0 Å². The molecule has 0 radical (unpaired) electrons. The lowest BCUT2D eigenvalue weighted by atomic mass is 9.84. The number of hydrogen-bond donors (Lipinski definition) is 1. The van der Waals surface area contributed by atoms with Crippen LogP contribution in [0.25, 0.3) is 21.9 Å². The molecule has 3 aromatic rings. The smallest absolute Gasteiger partial charge is 0.253 e. The van der Waals surface area contributed by atoms with E-state index in [0.717, 1.165) is 37.4 Å². The molecule has 2 bridgehead atoms. The number of carbonyl (C=O) groups is 1. The molecule has 0 spiro atoms. The Morgan fingerprint density at radius 3 is 2.81 bits per heavy atom. The minimum absolute atomic E-state index is 0.122. The summed E-state index contributed by atoms with van der Waals surface area (Å²) in [6, 6.07) is 7.62. The molecule has 5 nitrogen and oxygen atoms in total. The van der Waals surface area contributed by atoms with Gasteiger partial charge in [-0.15, -0.1) is 11.3 Å². The summed E-state index contributed by atoms with van der Waals surface area (Å²) in [5.41, 5.74) is 1.60. The summed E-state index contributed by atoms with van der Waals surface area (Å²) in [5.74, 6) is 0.973. The lowest BCUT2D eigenvalue weighted by Gasteiger charge is -2.44. The fourth-order valence-electron chi connectivity index (χ4n) is 4.20. The maximum Gasteiger partial charge on any atom is 0.253 e. The molecule has 2 aromatic heterocycles. The van der Waals surface area contributed by atoms with E-state index in [0.29, 0.717) is 33.5 Å². The van der Waals surface area contributed by atoms with Gasteiger partial charge in [-0.1, -0.05) is 11.6 Å². The molecule has 7 heteroatoms. The molecule has 1 N–H and O–H groups in total. The molecule has 1 amide bonds. The molecule has 0 saturated carbocycles. The first-order valence-electron chi connectivity index (χ1n) is 9.27. The van der Waals surface area contributed by atoms with E-state index >= 15 is 0 Å². The zero-order valence-electron chi connectivity index (χ0n) is 15.0. The third-order valence-electron chi connectivity index (χ3n) is 5.63. The largest absolute Gasteiger partial charge is 0.435 e. The molecule has 0 aliphatic carbocycles. The van der Waals surface area contributed by atoms with Crippen molar-refractivity contribution in [2.75, 3.05) is 19.6 Å². The number of fused-ring (bicyclic) bond motifs is 4. The number of rotatable bonds is 3. The normalized spacial score (nSPS) is 24.4. The summed E-state index contributed by atoms with van der Waals surface area (Å²) in [6.07, 6.45) is 2.31. The fourth-order valence-corrected chi connectivity index (χ4v) is 5.20. The van der Waals surface area contributed by atoms with Gasteiger partial charge in [0.15, 0.2) is 5.58 Å². The van der Waals surface area contributed by atoms with Crippen LogP contribution in [-0.4, -0.2) is 41.5 Å². The van der Waals surface area contributed by atoms with Crippen LogP contribution in [0.1, 0.15) is 28.1 Å². The molecule has 27 heavy (non-hydrogen) atoms. The minimum atomic E-state index is -0.122. The SMILES string of the molecule is Cc1ccc(-c2nc3c(C(=O)N[C@@H]4CN5CCC4CC5)cc(Cl)cc3o2)s1. The Hall–Kier alpha value is -1.89. The van der Waals surface area contributed by atoms with Crippen molar-refractivity contribution in [3.05, 3.63) is 39.7 Å². The Kier molecular flexibility index (Phi) is 4.22. The van der Waals surface area contributed by atoms with E-state index in [4.69, 9.17) is 16.0 Å². The van der Waals surface area contributed by atoms with E-state index in [-0.39, 0.29) is 11.9 Å². The molecule has 3 aliphatic heterocycles. The van der Waals surface area contributed by atoms with Gasteiger partial charge in [0, 0.05) is 28.6 Å². The van der Waals surface area contributed by atoms with Crippen LogP contribution in [0.5, 0.6) is 0 Å². The summed E-state index contributed by atoms with van der Waals surface area (Å²) >= 11 is 7.88. The molecular weight excluding hydrogens is 382 g/mol. The zero-order valence-corrected chi connectivity index (χ0v) is 16.6. The molecule has 1 aromatic carbocycles. The lowest BCUT2D eigenvalue weighted by Crippen LogP contribution is -2.57. The number of carbonyl (C=O) groups excluding carboxylic acids is 1. The molecule has 3 saturated heterocycles. The van der Waals surface area contributed by atoms with E-state index in [1.54, 1.807) is 23.5 Å². The van der Waals surface area contributed by atoms with Gasteiger partial charge in [0.1, 0.15) is 5.52 Å². The Morgan fingerprint density at radius 2 is 2.15 bits per heavy atom. The molecule has 3 aliphatic rings. The van der Waals surface area contributed by atoms with Crippen molar-refractivity contribution in [3.8, 4) is 10.8 Å². The molecule has 140 valence electrons. The van der Waals surface area contributed by atoms with Crippen LogP contribution >= 0.6 is 22.9 Å². The lowest BCUT2D eigenvalue weighted by molar-refractivity contribution is 0.0621. The van der Waals surface area contributed by atoms with E-state index in [2.05, 4.69) is 15.2 Å². The van der Waals surface area contributed by atoms with Crippen molar-refractivity contribution < 1.29 is 9.21 Å². The van der Waals surface area contributed by atoms with E-state index in [9.17, 15) is 4.79 Å². The second kappa shape index (κ2) is 6.62. The topological polar surface area (TPSA) is 58.4 Å². The summed E-state index contributed by atoms with van der Waals surface area (Å²) in [6.45, 7) is 5.26. The predicted molar refractivity (Wildman–Crippen MR) is 107 cm³/mol. The number of aromatic nitrogens is 1. The zero-order chi connectivity index (χ0) is 18.5. The van der Waals surface area contributed by atoms with Gasteiger partial charge in [-0.3, -0.25) is 4.79 Å². The van der Waals surface area contributed by atoms with Crippen molar-refractivity contribution >= 4 is 39.9 Å². The first kappa shape index (κ1) is 17.2. The monoisotopic (exact) mass is 401 g/mol. The highest BCUT2D eigenvalue weighted by Gasteiger charge is 2.35. The Bertz CT molecular complexity index is 1020. The molecule has 3 fully saturated rings. The van der Waals surface area contributed by atoms with Crippen molar-refractivity contribution in [3.63, 3.8) is 0 Å². The number of aryl methyl sites for hydroxylation is 1. The summed E-state index contributed by atoms with van der Waals surface area (Å²) in [7, 11) is 0. The first-order valence-corrected chi connectivity index (χ1v) is 10.5. The minimum Gasteiger partial charge on any atom is -0.435 e. The van der Waals surface area contributed by atoms with Crippen molar-refractivity contribution in [2.24, 2.45) is 5.92 Å². The number of halogens is 1. The third-order valence-corrected chi connectivity index (χ3v) is 6.84. The van der Waals surface area contributed by atoms with Crippen LogP contribution in [0.15, 0.2) is 28.7 Å². The summed E-state index contributed by atoms with van der Waals surface area (Å²) < 4.78 is 5.91. The van der Waals surface area contributed by atoms with Crippen LogP contribution < -0.4 is 5.32 Å². The number of nitrogens with zero attached hydrogens (tertiary/aromatic N) is 2. The van der Waals surface area contributed by atoms with Crippen molar-refractivity contribution in [1.82, 2.24) is 15.2 Å². The third kappa shape index (κ3) is 3.16. The molecule has 1 atom stereocenters. The number of piperidine rings is 3. The predicted octanol–water partition coefficient (Wildman–Crippen LogP) is 4.34. The average molecular weight is 402 g/mol. The highest BCUT2D eigenvalue weighted by atomic mass is 35.5. The molecule has 5 heterocycles. The second-order valence-electron chi connectivity index (χ2n) is 7.45. The number of oxazole rings is 1. The number of nitrogens with one attached hydrogen (secondary N) is 1. The highest BCUT2D eigenvalue weighted by Crippen LogP contribution is 2.33. The standard InChI is InChI=1S/C20H20ClN3O2S/c1-11-2-3-17(27-11)20-23-18-14(8-13(21)9-16(18)26-20)19(25)22-15-10-24-6-4-12(15)5-7-24/h2-3,8-9,12,15H,4-7,10H2,1H3,(H,22,25)/t15-/m1/s1. The van der Waals surface area contributed by atoms with E-state index in [1.165, 1.54) is 4.88 Å². The van der Waals surface area contributed by atoms with Crippen LogP contribution in [-0.2, 0) is 0 Å². The molecular formula is C20H20ClN3O2S. The van der Waals surface area contributed by atoms with Gasteiger partial charge in [0.25, 0.3) is 5.91 Å². The quantitative estimate of drug-likeness (QED) is 0.709. The van der Waals surface area contributed by atoms with Crippen LogP contribution in [0, 0.1) is 12.8 Å². The van der Waals surface area contributed by atoms with Gasteiger partial charge in [0.2, 0.25) is 5.89 Å². The second-order valence-corrected chi connectivity index (χ2v) is 9.17. The Balaban J connectivity index is 1.48. The van der Waals surface area contributed by atoms with E-state index < -0.39 is 0 Å². The average Bonchev–Trinajstić information content (AvgIpc) is 3.28. The highest BCUT2D eigenvalue weighted by molar-refractivity contribution is 7.15. The van der Waals surface area contributed by atoms with Gasteiger partial charge in [-0.2, -0.15) is 0 Å². The van der Waals surface area contributed by atoms with Gasteiger partial charge in [-0.25, -0.2) is 4.98 Å². The van der Waals surface area contributed by atoms with Gasteiger partial charge < -0.3 is 14.6 Å². The Morgan fingerprint density at radius 1 is 1.33 bits per heavy atom. The summed E-state index contributed by atoms with van der Waals surface area (Å²) in [5, 5.41) is 3.70. The first-order chi connectivity index (χ1) is 13.1. The van der Waals surface area contributed by atoms with Gasteiger partial charge >= 0.3 is 0 Å². The summed E-state index contributed by atoms with van der Waals surface area (Å²) in [4.78, 5) is 22.2. The van der Waals surface area contributed by atoms with Crippen molar-refractivity contribution in [2.45, 2.75) is 25.8 Å². The van der Waals surface area contributed by atoms with Crippen molar-refractivity contribution in [1.29, 1.82) is 0 Å².